The van der Waals surface area contributed by atoms with Gasteiger partial charge >= 0.3 is 5.97 Å². The van der Waals surface area contributed by atoms with Gasteiger partial charge in [0.25, 0.3) is 0 Å². The van der Waals surface area contributed by atoms with Gasteiger partial charge in [-0.3, -0.25) is 9.80 Å². The van der Waals surface area contributed by atoms with Crippen molar-refractivity contribution in [1.82, 2.24) is 15.1 Å². The maximum atomic E-state index is 12.4. The van der Waals surface area contributed by atoms with Crippen LogP contribution in [0.1, 0.15) is 33.6 Å². The number of carbonyl (C=O) groups excluding carboxylic acids is 1. The zero-order valence-corrected chi connectivity index (χ0v) is 14.0. The maximum absolute atomic E-state index is 12.4. The van der Waals surface area contributed by atoms with Gasteiger partial charge in [0.05, 0.1) is 7.11 Å². The molecule has 0 aromatic heterocycles. The average Bonchev–Trinajstić information content (AvgIpc) is 3.31. The fourth-order valence-corrected chi connectivity index (χ4v) is 3.50. The number of likely N-dealkylation sites (N-methyl/N-ethyl adjacent to an activating group) is 1. The third kappa shape index (κ3) is 3.76. The summed E-state index contributed by atoms with van der Waals surface area (Å²) in [5.41, 5.74) is -0.497. The van der Waals surface area contributed by atoms with Crippen molar-refractivity contribution in [3.05, 3.63) is 0 Å². The van der Waals surface area contributed by atoms with E-state index in [0.717, 1.165) is 52.1 Å². The van der Waals surface area contributed by atoms with Gasteiger partial charge in [-0.1, -0.05) is 6.92 Å². The van der Waals surface area contributed by atoms with Gasteiger partial charge in [-0.25, -0.2) is 4.79 Å². The van der Waals surface area contributed by atoms with Crippen molar-refractivity contribution in [1.29, 1.82) is 0 Å². The van der Waals surface area contributed by atoms with Crippen LogP contribution >= 0.6 is 0 Å². The molecule has 2 fully saturated rings. The van der Waals surface area contributed by atoms with Crippen molar-refractivity contribution in [2.24, 2.45) is 5.92 Å². The molecule has 1 unspecified atom stereocenters. The summed E-state index contributed by atoms with van der Waals surface area (Å²) in [5, 5.41) is 3.46. The molecule has 21 heavy (non-hydrogen) atoms. The standard InChI is InChI=1S/C16H31N3O2/c1-5-17-16(14-6-7-14,15(20)21-4)12-18-8-10-19(11-9-18)13(2)3/h13-14,17H,5-12H2,1-4H3. The zero-order chi connectivity index (χ0) is 15.5. The minimum Gasteiger partial charge on any atom is -0.468 e. The van der Waals surface area contributed by atoms with E-state index in [9.17, 15) is 4.79 Å². The van der Waals surface area contributed by atoms with Crippen LogP contribution in [0.4, 0.5) is 0 Å². The molecule has 1 heterocycles. The number of nitrogens with zero attached hydrogens (tertiary/aromatic N) is 2. The highest BCUT2D eigenvalue weighted by molar-refractivity contribution is 5.82. The highest BCUT2D eigenvalue weighted by Gasteiger charge is 2.52. The lowest BCUT2D eigenvalue weighted by atomic mass is 9.91. The van der Waals surface area contributed by atoms with Crippen LogP contribution in [0.3, 0.4) is 0 Å². The van der Waals surface area contributed by atoms with Crippen LogP contribution in [0.2, 0.25) is 0 Å². The molecule has 122 valence electrons. The van der Waals surface area contributed by atoms with Crippen molar-refractivity contribution < 1.29 is 9.53 Å². The van der Waals surface area contributed by atoms with Gasteiger partial charge in [0.1, 0.15) is 5.54 Å². The van der Waals surface area contributed by atoms with Gasteiger partial charge in [0.2, 0.25) is 0 Å². The van der Waals surface area contributed by atoms with Crippen molar-refractivity contribution in [2.75, 3.05) is 46.4 Å². The summed E-state index contributed by atoms with van der Waals surface area (Å²) in [6.45, 7) is 12.4. The third-order valence-electron chi connectivity index (χ3n) is 4.93. The minimum atomic E-state index is -0.497. The fraction of sp³-hybridized carbons (Fsp3) is 0.938. The largest absolute Gasteiger partial charge is 0.468 e. The Balaban J connectivity index is 2.01. The van der Waals surface area contributed by atoms with Crippen LogP contribution in [0.5, 0.6) is 0 Å². The predicted octanol–water partition coefficient (Wildman–Crippen LogP) is 0.944. The number of rotatable bonds is 7. The van der Waals surface area contributed by atoms with Gasteiger partial charge in [0, 0.05) is 38.8 Å². The first-order valence-corrected chi connectivity index (χ1v) is 8.33. The first kappa shape index (κ1) is 16.7. The molecule has 0 bridgehead atoms. The lowest BCUT2D eigenvalue weighted by molar-refractivity contribution is -0.151. The number of esters is 1. The lowest BCUT2D eigenvalue weighted by Gasteiger charge is -2.42. The molecule has 0 amide bonds. The number of methoxy groups -OCH3 is 1. The van der Waals surface area contributed by atoms with E-state index in [2.05, 4.69) is 35.9 Å². The summed E-state index contributed by atoms with van der Waals surface area (Å²) in [7, 11) is 1.51. The quantitative estimate of drug-likeness (QED) is 0.709. The monoisotopic (exact) mass is 297 g/mol. The number of hydrogen-bond donors (Lipinski definition) is 1. The van der Waals surface area contributed by atoms with E-state index < -0.39 is 5.54 Å². The van der Waals surface area contributed by atoms with Gasteiger partial charge in [-0.2, -0.15) is 0 Å². The topological polar surface area (TPSA) is 44.8 Å². The molecule has 0 spiro atoms. The number of piperazine rings is 1. The molecule has 1 N–H and O–H groups in total. The first-order valence-electron chi connectivity index (χ1n) is 8.33. The van der Waals surface area contributed by atoms with E-state index in [1.165, 1.54) is 7.11 Å². The Kier molecular flexibility index (Phi) is 5.63. The molecule has 1 saturated carbocycles. The third-order valence-corrected chi connectivity index (χ3v) is 4.93. The van der Waals surface area contributed by atoms with Crippen molar-refractivity contribution in [2.45, 2.75) is 45.2 Å². The van der Waals surface area contributed by atoms with Gasteiger partial charge in [-0.15, -0.1) is 0 Å². The van der Waals surface area contributed by atoms with Crippen LogP contribution in [-0.2, 0) is 9.53 Å². The van der Waals surface area contributed by atoms with Gasteiger partial charge in [-0.05, 0) is 39.2 Å². The summed E-state index contributed by atoms with van der Waals surface area (Å²) in [6.07, 6.45) is 2.27. The number of hydrogen-bond acceptors (Lipinski definition) is 5. The minimum absolute atomic E-state index is 0.0851. The van der Waals surface area contributed by atoms with Crippen LogP contribution in [-0.4, -0.2) is 73.7 Å². The lowest BCUT2D eigenvalue weighted by Crippen LogP contribution is -2.63. The first-order chi connectivity index (χ1) is 10.0. The molecule has 1 aliphatic carbocycles. The van der Waals surface area contributed by atoms with E-state index in [1.807, 2.05) is 0 Å². The van der Waals surface area contributed by atoms with E-state index in [0.29, 0.717) is 12.0 Å². The summed E-state index contributed by atoms with van der Waals surface area (Å²) in [6, 6.07) is 0.606. The highest BCUT2D eigenvalue weighted by atomic mass is 16.5. The van der Waals surface area contributed by atoms with Crippen molar-refractivity contribution >= 4 is 5.97 Å². The van der Waals surface area contributed by atoms with Gasteiger partial charge < -0.3 is 10.1 Å². The van der Waals surface area contributed by atoms with Crippen LogP contribution in [0, 0.1) is 5.92 Å². The molecule has 2 rings (SSSR count). The smallest absolute Gasteiger partial charge is 0.327 e. The molecule has 2 aliphatic rings. The summed E-state index contributed by atoms with van der Waals surface area (Å²) >= 11 is 0. The van der Waals surface area contributed by atoms with Crippen molar-refractivity contribution in [3.63, 3.8) is 0 Å². The Morgan fingerprint density at radius 1 is 1.29 bits per heavy atom. The molecule has 0 aromatic rings. The van der Waals surface area contributed by atoms with E-state index >= 15 is 0 Å². The second kappa shape index (κ2) is 7.07. The molecule has 1 atom stereocenters. The molecule has 1 aliphatic heterocycles. The van der Waals surface area contributed by atoms with Gasteiger partial charge in [0.15, 0.2) is 0 Å². The van der Waals surface area contributed by atoms with E-state index in [4.69, 9.17) is 4.74 Å². The van der Waals surface area contributed by atoms with E-state index in [-0.39, 0.29) is 5.97 Å². The second-order valence-corrected chi connectivity index (χ2v) is 6.67. The van der Waals surface area contributed by atoms with Crippen LogP contribution < -0.4 is 5.32 Å². The van der Waals surface area contributed by atoms with E-state index in [1.54, 1.807) is 0 Å². The Labute approximate surface area is 129 Å². The Bertz CT molecular complexity index is 349. The Morgan fingerprint density at radius 3 is 2.33 bits per heavy atom. The van der Waals surface area contributed by atoms with Crippen molar-refractivity contribution in [3.8, 4) is 0 Å². The summed E-state index contributed by atoms with van der Waals surface area (Å²) in [4.78, 5) is 17.4. The van der Waals surface area contributed by atoms with Crippen LogP contribution in [0.25, 0.3) is 0 Å². The molecular formula is C16H31N3O2. The average molecular weight is 297 g/mol. The zero-order valence-electron chi connectivity index (χ0n) is 14.0. The predicted molar refractivity (Wildman–Crippen MR) is 84.3 cm³/mol. The summed E-state index contributed by atoms with van der Waals surface area (Å²) < 4.78 is 5.13. The molecule has 1 saturated heterocycles. The highest BCUT2D eigenvalue weighted by Crippen LogP contribution is 2.41. The Hall–Kier alpha value is -0.650. The number of nitrogens with one attached hydrogen (secondary N) is 1. The fourth-order valence-electron chi connectivity index (χ4n) is 3.50. The molecule has 5 heteroatoms. The molecule has 5 nitrogen and oxygen atoms in total. The second-order valence-electron chi connectivity index (χ2n) is 6.67. The Morgan fingerprint density at radius 2 is 1.90 bits per heavy atom. The summed E-state index contributed by atoms with van der Waals surface area (Å²) in [5.74, 6) is 0.353. The maximum Gasteiger partial charge on any atom is 0.327 e. The molecular weight excluding hydrogens is 266 g/mol. The number of ether oxygens (including phenoxy) is 1. The normalized spacial score (nSPS) is 24.0. The van der Waals surface area contributed by atoms with Crippen LogP contribution in [0.15, 0.2) is 0 Å². The molecule has 0 aromatic carbocycles. The number of carbonyl (C=O) groups is 1. The molecule has 0 radical (unpaired) electrons. The SMILES string of the molecule is CCNC(CN1CCN(C(C)C)CC1)(C(=O)OC)C1CC1.